The standard InChI is InChI=1S/C8H15NO2/c1-6-4-7(9-5-10)2-3-8(6)11/h5-8,11H,2-4H2,1H3,(H,9,10)/t6-,7-,8-/m0/s1. The third-order valence-corrected chi connectivity index (χ3v) is 2.43. The molecular weight excluding hydrogens is 142 g/mol. The van der Waals surface area contributed by atoms with E-state index in [9.17, 15) is 9.90 Å². The lowest BCUT2D eigenvalue weighted by Gasteiger charge is -2.30. The summed E-state index contributed by atoms with van der Waals surface area (Å²) in [6, 6.07) is 0.283. The van der Waals surface area contributed by atoms with Gasteiger partial charge in [0.1, 0.15) is 0 Å². The largest absolute Gasteiger partial charge is 0.393 e. The first-order valence-electron chi connectivity index (χ1n) is 4.11. The maximum Gasteiger partial charge on any atom is 0.207 e. The molecule has 2 N–H and O–H groups in total. The summed E-state index contributed by atoms with van der Waals surface area (Å²) in [6.07, 6.45) is 3.20. The van der Waals surface area contributed by atoms with Crippen LogP contribution in [0.3, 0.4) is 0 Å². The lowest BCUT2D eigenvalue weighted by atomic mass is 9.85. The molecule has 11 heavy (non-hydrogen) atoms. The van der Waals surface area contributed by atoms with Gasteiger partial charge in [0, 0.05) is 6.04 Å². The van der Waals surface area contributed by atoms with Crippen molar-refractivity contribution in [3.63, 3.8) is 0 Å². The fourth-order valence-corrected chi connectivity index (χ4v) is 1.63. The highest BCUT2D eigenvalue weighted by molar-refractivity contribution is 5.46. The second-order valence-electron chi connectivity index (χ2n) is 3.34. The minimum absolute atomic E-state index is 0.167. The molecule has 3 nitrogen and oxygen atoms in total. The number of hydrogen-bond donors (Lipinski definition) is 2. The molecule has 1 fully saturated rings. The molecule has 1 aliphatic rings. The summed E-state index contributed by atoms with van der Waals surface area (Å²) >= 11 is 0. The maximum absolute atomic E-state index is 10.1. The van der Waals surface area contributed by atoms with Crippen LogP contribution in [0.15, 0.2) is 0 Å². The van der Waals surface area contributed by atoms with Gasteiger partial charge in [0.05, 0.1) is 6.10 Å². The Bertz CT molecular complexity index is 138. The smallest absolute Gasteiger partial charge is 0.207 e. The van der Waals surface area contributed by atoms with E-state index in [4.69, 9.17) is 0 Å². The monoisotopic (exact) mass is 157 g/mol. The summed E-state index contributed by atoms with van der Waals surface area (Å²) in [4.78, 5) is 10.1. The Morgan fingerprint density at radius 1 is 1.55 bits per heavy atom. The van der Waals surface area contributed by atoms with Crippen molar-refractivity contribution >= 4 is 6.41 Å². The van der Waals surface area contributed by atoms with Gasteiger partial charge in [0.15, 0.2) is 0 Å². The molecule has 0 aromatic rings. The Kier molecular flexibility index (Phi) is 2.88. The number of rotatable bonds is 2. The van der Waals surface area contributed by atoms with Crippen molar-refractivity contribution in [2.75, 3.05) is 0 Å². The second-order valence-corrected chi connectivity index (χ2v) is 3.34. The van der Waals surface area contributed by atoms with Crippen LogP contribution in [0.4, 0.5) is 0 Å². The molecule has 3 atom stereocenters. The lowest BCUT2D eigenvalue weighted by molar-refractivity contribution is -0.110. The number of carbonyl (C=O) groups is 1. The minimum Gasteiger partial charge on any atom is -0.393 e. The summed E-state index contributed by atoms with van der Waals surface area (Å²) in [5, 5.41) is 12.1. The molecule has 0 unspecified atom stereocenters. The van der Waals surface area contributed by atoms with Crippen molar-refractivity contribution in [1.29, 1.82) is 0 Å². The predicted molar refractivity (Wildman–Crippen MR) is 42.0 cm³/mol. The highest BCUT2D eigenvalue weighted by Crippen LogP contribution is 2.23. The number of hydrogen-bond acceptors (Lipinski definition) is 2. The summed E-state index contributed by atoms with van der Waals surface area (Å²) in [5.41, 5.74) is 0. The number of carbonyl (C=O) groups excluding carboxylic acids is 1. The fourth-order valence-electron chi connectivity index (χ4n) is 1.63. The molecule has 1 rings (SSSR count). The van der Waals surface area contributed by atoms with Crippen molar-refractivity contribution in [1.82, 2.24) is 5.32 Å². The normalized spacial score (nSPS) is 38.2. The molecular formula is C8H15NO2. The van der Waals surface area contributed by atoms with Crippen molar-refractivity contribution in [2.24, 2.45) is 5.92 Å². The van der Waals surface area contributed by atoms with Gasteiger partial charge in [-0.1, -0.05) is 6.92 Å². The molecule has 0 bridgehead atoms. The third kappa shape index (κ3) is 2.19. The van der Waals surface area contributed by atoms with Crippen LogP contribution in [0, 0.1) is 5.92 Å². The van der Waals surface area contributed by atoms with Gasteiger partial charge in [-0.15, -0.1) is 0 Å². The molecule has 64 valence electrons. The number of aliphatic hydroxyl groups excluding tert-OH is 1. The zero-order valence-electron chi connectivity index (χ0n) is 6.79. The molecule has 0 aliphatic heterocycles. The van der Waals surface area contributed by atoms with Crippen LogP contribution >= 0.6 is 0 Å². The van der Waals surface area contributed by atoms with Crippen LogP contribution in [0.1, 0.15) is 26.2 Å². The topological polar surface area (TPSA) is 49.3 Å². The second kappa shape index (κ2) is 3.72. The fraction of sp³-hybridized carbons (Fsp3) is 0.875. The van der Waals surface area contributed by atoms with Crippen molar-refractivity contribution in [2.45, 2.75) is 38.3 Å². The van der Waals surface area contributed by atoms with Crippen molar-refractivity contribution < 1.29 is 9.90 Å². The van der Waals surface area contributed by atoms with E-state index in [0.29, 0.717) is 5.92 Å². The summed E-state index contributed by atoms with van der Waals surface area (Å²) in [5.74, 6) is 0.321. The molecule has 0 spiro atoms. The van der Waals surface area contributed by atoms with Gasteiger partial charge in [-0.2, -0.15) is 0 Å². The molecule has 0 heterocycles. The Labute approximate surface area is 66.8 Å². The molecule has 0 saturated heterocycles. The molecule has 3 heteroatoms. The van der Waals surface area contributed by atoms with E-state index in [1.165, 1.54) is 0 Å². The molecule has 1 saturated carbocycles. The first kappa shape index (κ1) is 8.53. The van der Waals surface area contributed by atoms with E-state index < -0.39 is 0 Å². The first-order valence-corrected chi connectivity index (χ1v) is 4.11. The van der Waals surface area contributed by atoms with Gasteiger partial charge >= 0.3 is 0 Å². The Hall–Kier alpha value is -0.570. The molecule has 0 aromatic heterocycles. The SMILES string of the molecule is C[C@H]1C[C@@H](NC=O)CC[C@@H]1O. The van der Waals surface area contributed by atoms with Crippen LogP contribution in [0.5, 0.6) is 0 Å². The zero-order chi connectivity index (χ0) is 8.27. The molecule has 0 radical (unpaired) electrons. The van der Waals surface area contributed by atoms with E-state index in [-0.39, 0.29) is 12.1 Å². The van der Waals surface area contributed by atoms with Crippen molar-refractivity contribution in [3.8, 4) is 0 Å². The molecule has 1 amide bonds. The van der Waals surface area contributed by atoms with Crippen LogP contribution in [-0.4, -0.2) is 23.7 Å². The zero-order valence-corrected chi connectivity index (χ0v) is 6.79. The van der Waals surface area contributed by atoms with Gasteiger partial charge < -0.3 is 10.4 Å². The Morgan fingerprint density at radius 2 is 2.27 bits per heavy atom. The van der Waals surface area contributed by atoms with Gasteiger partial charge in [0.25, 0.3) is 0 Å². The summed E-state index contributed by atoms with van der Waals surface area (Å²) in [6.45, 7) is 2.02. The molecule has 0 aromatic carbocycles. The van der Waals surface area contributed by atoms with Gasteiger partial charge in [0.2, 0.25) is 6.41 Å². The van der Waals surface area contributed by atoms with E-state index in [2.05, 4.69) is 5.32 Å². The van der Waals surface area contributed by atoms with Crippen LogP contribution in [0.25, 0.3) is 0 Å². The minimum atomic E-state index is -0.167. The van der Waals surface area contributed by atoms with Crippen LogP contribution in [-0.2, 0) is 4.79 Å². The third-order valence-electron chi connectivity index (χ3n) is 2.43. The van der Waals surface area contributed by atoms with Crippen molar-refractivity contribution in [3.05, 3.63) is 0 Å². The highest BCUT2D eigenvalue weighted by Gasteiger charge is 2.25. The van der Waals surface area contributed by atoms with E-state index in [0.717, 1.165) is 25.7 Å². The Balaban J connectivity index is 2.33. The van der Waals surface area contributed by atoms with Gasteiger partial charge in [-0.05, 0) is 25.2 Å². The predicted octanol–water partition coefficient (Wildman–Crippen LogP) is 0.282. The lowest BCUT2D eigenvalue weighted by Crippen LogP contribution is -2.38. The van der Waals surface area contributed by atoms with E-state index in [1.54, 1.807) is 0 Å². The highest BCUT2D eigenvalue weighted by atomic mass is 16.3. The average Bonchev–Trinajstić information content (AvgIpc) is 1.98. The molecule has 1 aliphatic carbocycles. The number of amides is 1. The van der Waals surface area contributed by atoms with E-state index >= 15 is 0 Å². The van der Waals surface area contributed by atoms with Gasteiger partial charge in [-0.3, -0.25) is 4.79 Å². The summed E-state index contributed by atoms with van der Waals surface area (Å²) in [7, 11) is 0. The van der Waals surface area contributed by atoms with Crippen LogP contribution in [0.2, 0.25) is 0 Å². The average molecular weight is 157 g/mol. The van der Waals surface area contributed by atoms with Crippen LogP contribution < -0.4 is 5.32 Å². The van der Waals surface area contributed by atoms with E-state index in [1.807, 2.05) is 6.92 Å². The quantitative estimate of drug-likeness (QED) is 0.566. The first-order chi connectivity index (χ1) is 5.24. The maximum atomic E-state index is 10.1. The number of nitrogens with one attached hydrogen (secondary N) is 1. The summed E-state index contributed by atoms with van der Waals surface area (Å²) < 4.78 is 0. The number of aliphatic hydroxyl groups is 1. The Morgan fingerprint density at radius 3 is 2.82 bits per heavy atom. The van der Waals surface area contributed by atoms with Gasteiger partial charge in [-0.25, -0.2) is 0 Å².